The number of benzene rings is 1. The van der Waals surface area contributed by atoms with Crippen molar-refractivity contribution in [2.24, 2.45) is 33.2 Å². The molecule has 1 aromatic carbocycles. The molecule has 5 aliphatic rings. The standard InChI is InChI=1S/C49H72N8O6S/c1-12-34(41(50-13-2)32(7)61-11)43-36-25-49(8,9)28-63-48(60)37-16-15-19-57(53-37)47(59)42(52-45(58)40-30(5)31(40)6)44(62-26-29(4)55-22-20-54(10)21-23-55)46-51-38(27-64-46)33-17-18-39(35(36)24-33)56(43)14-3/h12-13,17-18,24,29-32,37-38,40,42,44,53H,1,14-16,19-23,25-28H2,2-11H3,(H,52,58)/b41-34+,50-13-/t29-,30-,31+,32+,37+,38?,40+,42+,44+/m1/s1. The normalized spacial score (nSPS) is 29.5. The third-order valence-electron chi connectivity index (χ3n) is 14.2. The van der Waals surface area contributed by atoms with E-state index >= 15 is 4.79 Å². The van der Waals surface area contributed by atoms with Crippen molar-refractivity contribution >= 4 is 57.3 Å². The summed E-state index contributed by atoms with van der Waals surface area (Å²) in [5.41, 5.74) is 8.64. The molecule has 2 N–H and O–H groups in total. The highest BCUT2D eigenvalue weighted by Gasteiger charge is 2.51. The fourth-order valence-electron chi connectivity index (χ4n) is 9.91. The van der Waals surface area contributed by atoms with Crippen LogP contribution >= 0.6 is 11.8 Å². The fraction of sp³-hybridized carbons (Fsp3) is 0.653. The van der Waals surface area contributed by atoms with Crippen LogP contribution in [0.5, 0.6) is 0 Å². The SMILES string of the molecule is C=C/C(=C(\N=C/C)[C@H](C)OC)c1c2c3cc(ccc3n1CC)C1CSC(=N1)[C@@H](OC[C@@H](C)N1CCN(C)CC1)[C@H](NC(=O)[C@H]1[C@H](C)[C@@H]1C)C(=O)N1CCC[C@H](N1)C(=O)OCC(C)(C)C2. The molecule has 1 aromatic heterocycles. The maximum atomic E-state index is 15.0. The van der Waals surface area contributed by atoms with Crippen molar-refractivity contribution in [2.75, 3.05) is 65.8 Å². The van der Waals surface area contributed by atoms with Crippen LogP contribution in [0.15, 0.2) is 46.5 Å². The number of nitrogens with zero attached hydrogens (tertiary/aromatic N) is 6. The largest absolute Gasteiger partial charge is 0.464 e. The Morgan fingerprint density at radius 1 is 1.16 bits per heavy atom. The zero-order valence-electron chi connectivity index (χ0n) is 39.8. The molecule has 14 nitrogen and oxygen atoms in total. The van der Waals surface area contributed by atoms with Crippen molar-refractivity contribution in [3.8, 4) is 0 Å². The van der Waals surface area contributed by atoms with Gasteiger partial charge < -0.3 is 29.0 Å². The molecular formula is C49H72N8O6S. The second-order valence-electron chi connectivity index (χ2n) is 19.3. The number of aliphatic imine (C=N–C) groups is 2. The van der Waals surface area contributed by atoms with E-state index in [2.05, 4.69) is 98.5 Å². The summed E-state index contributed by atoms with van der Waals surface area (Å²) in [6, 6.07) is 4.63. The highest BCUT2D eigenvalue weighted by molar-refractivity contribution is 8.14. The molecule has 9 atom stereocenters. The number of cyclic esters (lactones) is 1. The number of aromatic nitrogens is 1. The summed E-state index contributed by atoms with van der Waals surface area (Å²) in [5, 5.41) is 6.47. The Kier molecular flexibility index (Phi) is 15.3. The summed E-state index contributed by atoms with van der Waals surface area (Å²) in [6.07, 6.45) is 4.19. The van der Waals surface area contributed by atoms with Gasteiger partial charge in [0.1, 0.15) is 23.2 Å². The quantitative estimate of drug-likeness (QED) is 0.150. The lowest BCUT2D eigenvalue weighted by atomic mass is 9.84. The molecule has 1 saturated carbocycles. The van der Waals surface area contributed by atoms with Gasteiger partial charge in [-0.15, -0.1) is 11.8 Å². The second-order valence-corrected chi connectivity index (χ2v) is 20.4. The van der Waals surface area contributed by atoms with Crippen LogP contribution in [0.2, 0.25) is 0 Å². The average molecular weight is 901 g/mol. The van der Waals surface area contributed by atoms with Gasteiger partial charge in [-0.05, 0) is 89.1 Å². The number of amides is 2. The minimum Gasteiger partial charge on any atom is -0.464 e. The number of fused-ring (bicyclic) bond motifs is 5. The number of allylic oxidation sites excluding steroid dienone is 2. The summed E-state index contributed by atoms with van der Waals surface area (Å²) >= 11 is 1.59. The molecule has 2 amide bonds. The molecule has 4 aliphatic heterocycles. The summed E-state index contributed by atoms with van der Waals surface area (Å²) < 4.78 is 21.3. The molecule has 5 heterocycles. The van der Waals surface area contributed by atoms with Gasteiger partial charge in [-0.2, -0.15) is 0 Å². The molecule has 6 bridgehead atoms. The predicted molar refractivity (Wildman–Crippen MR) is 256 cm³/mol. The number of piperazine rings is 1. The Morgan fingerprint density at radius 3 is 2.55 bits per heavy atom. The fourth-order valence-corrected chi connectivity index (χ4v) is 11.1. The Labute approximate surface area is 384 Å². The van der Waals surface area contributed by atoms with Gasteiger partial charge in [0.25, 0.3) is 5.91 Å². The molecule has 64 heavy (non-hydrogen) atoms. The maximum Gasteiger partial charge on any atom is 0.324 e. The molecular weight excluding hydrogens is 829 g/mol. The smallest absolute Gasteiger partial charge is 0.324 e. The van der Waals surface area contributed by atoms with Crippen molar-refractivity contribution in [2.45, 2.75) is 118 Å². The first-order chi connectivity index (χ1) is 30.6. The van der Waals surface area contributed by atoms with Crippen molar-refractivity contribution in [3.05, 3.63) is 53.4 Å². The van der Waals surface area contributed by atoms with Crippen molar-refractivity contribution in [3.63, 3.8) is 0 Å². The van der Waals surface area contributed by atoms with Crippen LogP contribution in [0.4, 0.5) is 0 Å². The van der Waals surface area contributed by atoms with E-state index in [-0.39, 0.29) is 54.4 Å². The van der Waals surface area contributed by atoms with Crippen molar-refractivity contribution < 1.29 is 28.6 Å². The van der Waals surface area contributed by atoms with Crippen LogP contribution in [0.1, 0.15) is 91.1 Å². The van der Waals surface area contributed by atoms with Crippen LogP contribution in [-0.4, -0.2) is 145 Å². The highest BCUT2D eigenvalue weighted by atomic mass is 32.2. The van der Waals surface area contributed by atoms with Crippen LogP contribution in [0.25, 0.3) is 16.5 Å². The first-order valence-corrected chi connectivity index (χ1v) is 24.4. The molecule has 1 unspecified atom stereocenters. The van der Waals surface area contributed by atoms with E-state index < -0.39 is 29.6 Å². The highest BCUT2D eigenvalue weighted by Crippen LogP contribution is 2.46. The molecule has 15 heteroatoms. The molecule has 3 fully saturated rings. The van der Waals surface area contributed by atoms with Crippen LogP contribution in [0, 0.1) is 23.2 Å². The lowest BCUT2D eigenvalue weighted by molar-refractivity contribution is -0.156. The first kappa shape index (κ1) is 48.1. The number of likely N-dealkylation sites (N-methyl/N-ethyl adjacent to an activating group) is 1. The number of rotatable bonds is 12. The van der Waals surface area contributed by atoms with Crippen LogP contribution < -0.4 is 10.7 Å². The number of hydrogen-bond acceptors (Lipinski definition) is 12. The predicted octanol–water partition coefficient (Wildman–Crippen LogP) is 5.90. The minimum atomic E-state index is -1.08. The third kappa shape index (κ3) is 10.1. The van der Waals surface area contributed by atoms with Crippen molar-refractivity contribution in [1.29, 1.82) is 0 Å². The summed E-state index contributed by atoms with van der Waals surface area (Å²) in [6.45, 7) is 26.2. The zero-order chi connectivity index (χ0) is 46.0. The van der Waals surface area contributed by atoms with Gasteiger partial charge in [0.05, 0.1) is 36.8 Å². The minimum absolute atomic E-state index is 0.0681. The van der Waals surface area contributed by atoms with E-state index in [1.165, 1.54) is 5.01 Å². The Morgan fingerprint density at radius 2 is 1.89 bits per heavy atom. The van der Waals surface area contributed by atoms with Gasteiger partial charge >= 0.3 is 5.97 Å². The lowest BCUT2D eigenvalue weighted by Crippen LogP contribution is -2.64. The summed E-state index contributed by atoms with van der Waals surface area (Å²) in [7, 11) is 3.83. The summed E-state index contributed by atoms with van der Waals surface area (Å²) in [5.74, 6) is -0.0615. The van der Waals surface area contributed by atoms with Gasteiger partial charge in [0.2, 0.25) is 5.91 Å². The molecule has 2 saturated heterocycles. The van der Waals surface area contributed by atoms with E-state index in [9.17, 15) is 9.59 Å². The number of hydrogen-bond donors (Lipinski definition) is 2. The van der Waals surface area contributed by atoms with Gasteiger partial charge in [-0.1, -0.05) is 46.4 Å². The van der Waals surface area contributed by atoms with Crippen LogP contribution in [0.3, 0.4) is 0 Å². The van der Waals surface area contributed by atoms with Crippen LogP contribution in [-0.2, 0) is 41.6 Å². The van der Waals surface area contributed by atoms with E-state index in [0.717, 1.165) is 65.2 Å². The van der Waals surface area contributed by atoms with E-state index in [1.54, 1.807) is 25.1 Å². The molecule has 7 rings (SSSR count). The topological polar surface area (TPSA) is 142 Å². The molecule has 350 valence electrons. The number of methoxy groups -OCH3 is 1. The lowest BCUT2D eigenvalue weighted by Gasteiger charge is -2.39. The Balaban J connectivity index is 1.37. The number of hydrazine groups is 1. The average Bonchev–Trinajstić information content (AvgIpc) is 3.56. The van der Waals surface area contributed by atoms with Crippen molar-refractivity contribution in [1.82, 2.24) is 30.1 Å². The second kappa shape index (κ2) is 20.3. The maximum absolute atomic E-state index is 15.0. The molecule has 0 radical (unpaired) electrons. The monoisotopic (exact) mass is 901 g/mol. The Bertz CT molecular complexity index is 2150. The van der Waals surface area contributed by atoms with E-state index in [1.807, 2.05) is 19.9 Å². The number of esters is 1. The number of carbonyl (C=O) groups excluding carboxylic acids is 3. The number of carbonyl (C=O) groups is 3. The van der Waals surface area contributed by atoms with E-state index in [0.29, 0.717) is 49.8 Å². The molecule has 2 aromatic rings. The van der Waals surface area contributed by atoms with E-state index in [4.69, 9.17) is 24.2 Å². The Hall–Kier alpha value is -3.86. The van der Waals surface area contributed by atoms with Gasteiger partial charge in [-0.3, -0.25) is 34.3 Å². The van der Waals surface area contributed by atoms with Gasteiger partial charge in [-0.25, -0.2) is 5.43 Å². The van der Waals surface area contributed by atoms with Gasteiger partial charge in [0.15, 0.2) is 0 Å². The zero-order valence-corrected chi connectivity index (χ0v) is 40.6. The number of thioether (sulfide) groups is 1. The molecule has 0 spiro atoms. The number of ether oxygens (including phenoxy) is 3. The number of aryl methyl sites for hydroxylation is 1. The third-order valence-corrected chi connectivity index (χ3v) is 15.3. The molecule has 1 aliphatic carbocycles. The van der Waals surface area contributed by atoms with Gasteiger partial charge in [0, 0.05) is 92.2 Å². The first-order valence-electron chi connectivity index (χ1n) is 23.4. The number of nitrogens with one attached hydrogen (secondary N) is 2. The summed E-state index contributed by atoms with van der Waals surface area (Å²) in [4.78, 5) is 58.1.